The van der Waals surface area contributed by atoms with Crippen molar-refractivity contribution in [1.82, 2.24) is 20.1 Å². The molecule has 1 amide bonds. The van der Waals surface area contributed by atoms with E-state index in [0.717, 1.165) is 15.7 Å². The Morgan fingerprint density at radius 1 is 1.06 bits per heavy atom. The molecule has 1 heterocycles. The fourth-order valence-corrected chi connectivity index (χ4v) is 4.51. The molecular weight excluding hydrogens is 552 g/mol. The Balaban J connectivity index is 1.49. The number of amides is 1. The number of carbonyl (C=O) groups is 1. The van der Waals surface area contributed by atoms with E-state index in [-0.39, 0.29) is 19.1 Å². The fraction of sp³-hybridized carbons (Fsp3) is 0.160. The SMILES string of the molecule is COc1ccccc1-n1c(CNC(=O)COc2ccc(Cl)cc2)nnc1SCc1ccc(Br)cc1. The number of hydrogen-bond acceptors (Lipinski definition) is 6. The van der Waals surface area contributed by atoms with Gasteiger partial charge < -0.3 is 14.8 Å². The van der Waals surface area contributed by atoms with E-state index in [0.29, 0.717) is 33.3 Å². The Morgan fingerprint density at radius 3 is 2.54 bits per heavy atom. The van der Waals surface area contributed by atoms with Crippen LogP contribution in [0.15, 0.2) is 82.4 Å². The molecule has 0 aliphatic carbocycles. The Morgan fingerprint density at radius 2 is 1.80 bits per heavy atom. The number of ether oxygens (including phenoxy) is 2. The third-order valence-electron chi connectivity index (χ3n) is 4.93. The van der Waals surface area contributed by atoms with Crippen LogP contribution in [0, 0.1) is 0 Å². The molecule has 0 aliphatic rings. The van der Waals surface area contributed by atoms with Gasteiger partial charge in [0.2, 0.25) is 0 Å². The highest BCUT2D eigenvalue weighted by molar-refractivity contribution is 9.10. The van der Waals surface area contributed by atoms with Crippen LogP contribution >= 0.6 is 39.3 Å². The molecular formula is C25H22BrClN4O3S. The normalized spacial score (nSPS) is 10.7. The second-order valence-corrected chi connectivity index (χ2v) is 9.64. The summed E-state index contributed by atoms with van der Waals surface area (Å²) in [6, 6.07) is 22.6. The maximum atomic E-state index is 12.4. The van der Waals surface area contributed by atoms with Gasteiger partial charge in [0.25, 0.3) is 5.91 Å². The number of aromatic nitrogens is 3. The van der Waals surface area contributed by atoms with Gasteiger partial charge >= 0.3 is 0 Å². The highest BCUT2D eigenvalue weighted by Gasteiger charge is 2.18. The van der Waals surface area contributed by atoms with Gasteiger partial charge in [0.15, 0.2) is 17.6 Å². The molecule has 0 aliphatic heterocycles. The van der Waals surface area contributed by atoms with Crippen molar-refractivity contribution in [2.45, 2.75) is 17.5 Å². The second kappa shape index (κ2) is 12.1. The third kappa shape index (κ3) is 6.78. The molecule has 0 saturated carbocycles. The molecule has 35 heavy (non-hydrogen) atoms. The highest BCUT2D eigenvalue weighted by Crippen LogP contribution is 2.30. The third-order valence-corrected chi connectivity index (χ3v) is 6.72. The minimum absolute atomic E-state index is 0.129. The minimum Gasteiger partial charge on any atom is -0.495 e. The van der Waals surface area contributed by atoms with Gasteiger partial charge in [-0.3, -0.25) is 9.36 Å². The molecule has 0 saturated heterocycles. The van der Waals surface area contributed by atoms with Crippen molar-refractivity contribution in [3.8, 4) is 17.2 Å². The van der Waals surface area contributed by atoms with Gasteiger partial charge in [0, 0.05) is 15.2 Å². The summed E-state index contributed by atoms with van der Waals surface area (Å²) in [5, 5.41) is 12.9. The smallest absolute Gasteiger partial charge is 0.258 e. The summed E-state index contributed by atoms with van der Waals surface area (Å²) in [6.07, 6.45) is 0. The molecule has 180 valence electrons. The summed E-state index contributed by atoms with van der Waals surface area (Å²) in [7, 11) is 1.62. The lowest BCUT2D eigenvalue weighted by molar-refractivity contribution is -0.123. The standard InChI is InChI=1S/C25H22BrClN4O3S/c1-33-22-5-3-2-4-21(22)31-23(14-28-24(32)15-34-20-12-10-19(27)11-13-20)29-30-25(31)35-16-17-6-8-18(26)9-7-17/h2-13H,14-16H2,1H3,(H,28,32). The number of halogens is 2. The number of carbonyl (C=O) groups excluding carboxylic acids is 1. The predicted molar refractivity (Wildman–Crippen MR) is 140 cm³/mol. The van der Waals surface area contributed by atoms with E-state index in [1.165, 1.54) is 0 Å². The molecule has 0 unspecified atom stereocenters. The number of benzene rings is 3. The Labute approximate surface area is 220 Å². The summed E-state index contributed by atoms with van der Waals surface area (Å²) in [4.78, 5) is 12.4. The first-order valence-electron chi connectivity index (χ1n) is 10.6. The second-order valence-electron chi connectivity index (χ2n) is 7.34. The number of thioether (sulfide) groups is 1. The summed E-state index contributed by atoms with van der Waals surface area (Å²) >= 11 is 10.9. The molecule has 0 fully saturated rings. The van der Waals surface area contributed by atoms with Crippen LogP contribution in [0.1, 0.15) is 11.4 Å². The molecule has 0 radical (unpaired) electrons. The van der Waals surface area contributed by atoms with Crippen LogP contribution in [0.25, 0.3) is 5.69 Å². The summed E-state index contributed by atoms with van der Waals surface area (Å²) < 4.78 is 14.0. The number of hydrogen-bond donors (Lipinski definition) is 1. The fourth-order valence-electron chi connectivity index (χ4n) is 3.20. The largest absolute Gasteiger partial charge is 0.495 e. The van der Waals surface area contributed by atoms with E-state index in [1.54, 1.807) is 43.1 Å². The van der Waals surface area contributed by atoms with E-state index in [1.807, 2.05) is 41.0 Å². The van der Waals surface area contributed by atoms with Crippen molar-refractivity contribution in [3.63, 3.8) is 0 Å². The van der Waals surface area contributed by atoms with E-state index in [2.05, 4.69) is 43.6 Å². The molecule has 4 aromatic rings. The van der Waals surface area contributed by atoms with Crippen LogP contribution in [0.5, 0.6) is 11.5 Å². The minimum atomic E-state index is -0.279. The van der Waals surface area contributed by atoms with Gasteiger partial charge in [-0.05, 0) is 54.1 Å². The summed E-state index contributed by atoms with van der Waals surface area (Å²) in [5.41, 5.74) is 1.95. The van der Waals surface area contributed by atoms with Crippen molar-refractivity contribution in [1.29, 1.82) is 0 Å². The van der Waals surface area contributed by atoms with E-state index < -0.39 is 0 Å². The van der Waals surface area contributed by atoms with Gasteiger partial charge in [-0.25, -0.2) is 0 Å². The van der Waals surface area contributed by atoms with E-state index in [9.17, 15) is 4.79 Å². The monoisotopic (exact) mass is 572 g/mol. The zero-order chi connectivity index (χ0) is 24.6. The predicted octanol–water partition coefficient (Wildman–Crippen LogP) is 5.68. The molecule has 1 N–H and O–H groups in total. The maximum Gasteiger partial charge on any atom is 0.258 e. The zero-order valence-electron chi connectivity index (χ0n) is 18.8. The van der Waals surface area contributed by atoms with Crippen molar-refractivity contribution in [2.24, 2.45) is 0 Å². The van der Waals surface area contributed by atoms with E-state index >= 15 is 0 Å². The lowest BCUT2D eigenvalue weighted by Crippen LogP contribution is -2.29. The first kappa shape index (κ1) is 25.1. The number of methoxy groups -OCH3 is 1. The van der Waals surface area contributed by atoms with Crippen LogP contribution in [0.4, 0.5) is 0 Å². The lowest BCUT2D eigenvalue weighted by atomic mass is 10.2. The topological polar surface area (TPSA) is 78.3 Å². The highest BCUT2D eigenvalue weighted by atomic mass is 79.9. The average Bonchev–Trinajstić information content (AvgIpc) is 3.29. The van der Waals surface area contributed by atoms with Crippen LogP contribution in [-0.2, 0) is 17.1 Å². The quantitative estimate of drug-likeness (QED) is 0.246. The maximum absolute atomic E-state index is 12.4. The van der Waals surface area contributed by atoms with Crippen molar-refractivity contribution in [3.05, 3.63) is 93.7 Å². The van der Waals surface area contributed by atoms with Gasteiger partial charge in [-0.2, -0.15) is 0 Å². The van der Waals surface area contributed by atoms with Crippen molar-refractivity contribution in [2.75, 3.05) is 13.7 Å². The van der Waals surface area contributed by atoms with Gasteiger partial charge in [-0.15, -0.1) is 10.2 Å². The van der Waals surface area contributed by atoms with E-state index in [4.69, 9.17) is 21.1 Å². The Hall–Kier alpha value is -3.01. The number of nitrogens with zero attached hydrogens (tertiary/aromatic N) is 3. The molecule has 10 heteroatoms. The summed E-state index contributed by atoms with van der Waals surface area (Å²) in [5.74, 6) is 2.25. The molecule has 0 spiro atoms. The zero-order valence-corrected chi connectivity index (χ0v) is 21.9. The van der Waals surface area contributed by atoms with Gasteiger partial charge in [0.1, 0.15) is 11.5 Å². The average molecular weight is 574 g/mol. The summed E-state index contributed by atoms with van der Waals surface area (Å²) in [6.45, 7) is 0.0440. The van der Waals surface area contributed by atoms with Crippen molar-refractivity contribution < 1.29 is 14.3 Å². The molecule has 1 aromatic heterocycles. The Kier molecular flexibility index (Phi) is 8.68. The number of nitrogens with one attached hydrogen (secondary N) is 1. The number of para-hydroxylation sites is 2. The van der Waals surface area contributed by atoms with Crippen LogP contribution < -0.4 is 14.8 Å². The first-order chi connectivity index (χ1) is 17.0. The lowest BCUT2D eigenvalue weighted by Gasteiger charge is -2.14. The Bertz CT molecular complexity index is 1280. The molecule has 0 bridgehead atoms. The number of rotatable bonds is 10. The molecule has 4 rings (SSSR count). The molecule has 0 atom stereocenters. The van der Waals surface area contributed by atoms with Gasteiger partial charge in [-0.1, -0.05) is 63.6 Å². The molecule has 7 nitrogen and oxygen atoms in total. The van der Waals surface area contributed by atoms with Crippen molar-refractivity contribution >= 4 is 45.2 Å². The molecule has 3 aromatic carbocycles. The van der Waals surface area contributed by atoms with Gasteiger partial charge in [0.05, 0.1) is 19.3 Å². The van der Waals surface area contributed by atoms with Crippen LogP contribution in [0.3, 0.4) is 0 Å². The first-order valence-corrected chi connectivity index (χ1v) is 12.8. The van der Waals surface area contributed by atoms with Crippen LogP contribution in [-0.4, -0.2) is 34.4 Å². The van der Waals surface area contributed by atoms with Crippen LogP contribution in [0.2, 0.25) is 5.02 Å².